The van der Waals surface area contributed by atoms with Crippen molar-refractivity contribution in [2.75, 3.05) is 13.7 Å². The first-order valence-electron chi connectivity index (χ1n) is 7.84. The van der Waals surface area contributed by atoms with Crippen molar-refractivity contribution in [2.24, 2.45) is 0 Å². The van der Waals surface area contributed by atoms with Crippen LogP contribution in [0, 0.1) is 0 Å². The fourth-order valence-electron chi connectivity index (χ4n) is 2.78. The lowest BCUT2D eigenvalue weighted by atomic mass is 9.96. The fourth-order valence-corrected chi connectivity index (χ4v) is 2.78. The summed E-state index contributed by atoms with van der Waals surface area (Å²) in [6.07, 6.45) is 1.13. The van der Waals surface area contributed by atoms with E-state index >= 15 is 0 Å². The minimum Gasteiger partial charge on any atom is -0.497 e. The van der Waals surface area contributed by atoms with Crippen molar-refractivity contribution in [1.82, 2.24) is 10.2 Å². The van der Waals surface area contributed by atoms with E-state index in [0.717, 1.165) is 6.42 Å². The summed E-state index contributed by atoms with van der Waals surface area (Å²) in [7, 11) is 1.59. The maximum Gasteiger partial charge on any atom is 0.325 e. The van der Waals surface area contributed by atoms with Crippen molar-refractivity contribution in [3.05, 3.63) is 24.3 Å². The summed E-state index contributed by atoms with van der Waals surface area (Å²) < 4.78 is 10.9. The molecule has 0 unspecified atom stereocenters. The van der Waals surface area contributed by atoms with Crippen LogP contribution in [0.15, 0.2) is 24.3 Å². The lowest BCUT2D eigenvalue weighted by Crippen LogP contribution is -2.44. The van der Waals surface area contributed by atoms with Gasteiger partial charge in [0.2, 0.25) is 0 Å². The van der Waals surface area contributed by atoms with Crippen LogP contribution in [0.1, 0.15) is 33.6 Å². The number of amides is 3. The Balaban J connectivity index is 2.01. The molecule has 1 saturated heterocycles. The summed E-state index contributed by atoms with van der Waals surface area (Å²) in [6, 6.07) is 6.88. The van der Waals surface area contributed by atoms with Crippen LogP contribution < -0.4 is 14.8 Å². The number of nitrogens with zero attached hydrogens (tertiary/aromatic N) is 1. The van der Waals surface area contributed by atoms with E-state index in [2.05, 4.69) is 5.32 Å². The summed E-state index contributed by atoms with van der Waals surface area (Å²) >= 11 is 0. The second-order valence-electron chi connectivity index (χ2n) is 6.04. The lowest BCUT2D eigenvalue weighted by Gasteiger charge is -2.23. The predicted molar refractivity (Wildman–Crippen MR) is 86.6 cm³/mol. The molecule has 0 saturated carbocycles. The van der Waals surface area contributed by atoms with Crippen LogP contribution in [-0.4, -0.2) is 42.1 Å². The highest BCUT2D eigenvalue weighted by Gasteiger charge is 2.47. The Morgan fingerprint density at radius 3 is 2.65 bits per heavy atom. The normalized spacial score (nSPS) is 22.0. The Labute approximate surface area is 136 Å². The Bertz CT molecular complexity index is 590. The first-order chi connectivity index (χ1) is 10.9. The second kappa shape index (κ2) is 6.89. The van der Waals surface area contributed by atoms with E-state index in [9.17, 15) is 9.59 Å². The Hall–Kier alpha value is -2.24. The van der Waals surface area contributed by atoms with Gasteiger partial charge < -0.3 is 14.8 Å². The van der Waals surface area contributed by atoms with Crippen LogP contribution in [-0.2, 0) is 4.79 Å². The van der Waals surface area contributed by atoms with E-state index < -0.39 is 5.54 Å². The van der Waals surface area contributed by atoms with Crippen LogP contribution in [0.2, 0.25) is 0 Å². The summed E-state index contributed by atoms with van der Waals surface area (Å²) in [5, 5.41) is 2.78. The third kappa shape index (κ3) is 3.75. The number of carbonyl (C=O) groups excluding carboxylic acids is 2. The van der Waals surface area contributed by atoms with E-state index in [-0.39, 0.29) is 24.6 Å². The third-order valence-corrected chi connectivity index (χ3v) is 3.91. The minimum atomic E-state index is -0.804. The number of hydrogen-bond acceptors (Lipinski definition) is 4. The number of methoxy groups -OCH3 is 1. The van der Waals surface area contributed by atoms with E-state index in [4.69, 9.17) is 9.47 Å². The standard InChI is InChI=1S/C17H24N2O4/c1-5-9-17(3)15(20)19(16(21)18-17)11-12(2)23-14-8-6-7-13(10-14)22-4/h6-8,10,12H,5,9,11H2,1-4H3,(H,18,21)/t12-,17+/m0/s1. The van der Waals surface area contributed by atoms with E-state index in [0.29, 0.717) is 17.9 Å². The molecule has 126 valence electrons. The Morgan fingerprint density at radius 2 is 2.00 bits per heavy atom. The topological polar surface area (TPSA) is 67.9 Å². The number of benzene rings is 1. The van der Waals surface area contributed by atoms with Crippen molar-refractivity contribution < 1.29 is 19.1 Å². The molecule has 23 heavy (non-hydrogen) atoms. The molecule has 1 aliphatic rings. The van der Waals surface area contributed by atoms with Crippen molar-refractivity contribution in [1.29, 1.82) is 0 Å². The maximum atomic E-state index is 12.5. The molecule has 1 aromatic rings. The monoisotopic (exact) mass is 320 g/mol. The number of ether oxygens (including phenoxy) is 2. The van der Waals surface area contributed by atoms with E-state index in [1.807, 2.05) is 32.0 Å². The van der Waals surface area contributed by atoms with Gasteiger partial charge in [0.05, 0.1) is 13.7 Å². The van der Waals surface area contributed by atoms with Crippen LogP contribution in [0.4, 0.5) is 4.79 Å². The van der Waals surface area contributed by atoms with Gasteiger partial charge in [-0.05, 0) is 32.4 Å². The van der Waals surface area contributed by atoms with Crippen molar-refractivity contribution >= 4 is 11.9 Å². The van der Waals surface area contributed by atoms with Crippen LogP contribution in [0.25, 0.3) is 0 Å². The zero-order valence-corrected chi connectivity index (χ0v) is 14.1. The van der Waals surface area contributed by atoms with Gasteiger partial charge in [0, 0.05) is 6.07 Å². The highest BCUT2D eigenvalue weighted by atomic mass is 16.5. The molecule has 1 fully saturated rings. The molecule has 6 nitrogen and oxygen atoms in total. The van der Waals surface area contributed by atoms with Crippen LogP contribution in [0.3, 0.4) is 0 Å². The van der Waals surface area contributed by atoms with Gasteiger partial charge in [-0.3, -0.25) is 9.69 Å². The molecule has 0 bridgehead atoms. The zero-order chi connectivity index (χ0) is 17.0. The van der Waals surface area contributed by atoms with Gasteiger partial charge in [0.15, 0.2) is 0 Å². The number of nitrogens with one attached hydrogen (secondary N) is 1. The quantitative estimate of drug-likeness (QED) is 0.784. The molecule has 0 spiro atoms. The van der Waals surface area contributed by atoms with Crippen molar-refractivity contribution in [2.45, 2.75) is 45.3 Å². The Morgan fingerprint density at radius 1 is 1.30 bits per heavy atom. The summed E-state index contributed by atoms with van der Waals surface area (Å²) in [4.78, 5) is 25.8. The average molecular weight is 320 g/mol. The Kier molecular flexibility index (Phi) is 5.13. The number of urea groups is 1. The molecule has 1 aromatic carbocycles. The maximum absolute atomic E-state index is 12.5. The fraction of sp³-hybridized carbons (Fsp3) is 0.529. The number of imide groups is 1. The minimum absolute atomic E-state index is 0.189. The molecule has 0 aliphatic carbocycles. The van der Waals surface area contributed by atoms with Crippen LogP contribution >= 0.6 is 0 Å². The molecule has 3 amide bonds. The first-order valence-corrected chi connectivity index (χ1v) is 7.84. The SMILES string of the molecule is CCC[C@@]1(C)NC(=O)N(C[C@H](C)Oc2cccc(OC)c2)C1=O. The lowest BCUT2D eigenvalue weighted by molar-refractivity contribution is -0.131. The van der Waals surface area contributed by atoms with Crippen molar-refractivity contribution in [3.8, 4) is 11.5 Å². The molecule has 1 N–H and O–H groups in total. The van der Waals surface area contributed by atoms with E-state index in [1.165, 1.54) is 4.90 Å². The van der Waals surface area contributed by atoms with Crippen LogP contribution in [0.5, 0.6) is 11.5 Å². The first kappa shape index (κ1) is 17.1. The predicted octanol–water partition coefficient (Wildman–Crippen LogP) is 2.57. The van der Waals surface area contributed by atoms with Gasteiger partial charge in [0.25, 0.3) is 5.91 Å². The largest absolute Gasteiger partial charge is 0.497 e. The molecule has 6 heteroatoms. The van der Waals surface area contributed by atoms with Gasteiger partial charge in [-0.25, -0.2) is 4.79 Å². The number of hydrogen-bond donors (Lipinski definition) is 1. The van der Waals surface area contributed by atoms with Gasteiger partial charge in [0.1, 0.15) is 23.1 Å². The highest BCUT2D eigenvalue weighted by Crippen LogP contribution is 2.24. The summed E-state index contributed by atoms with van der Waals surface area (Å²) in [5.74, 6) is 1.14. The van der Waals surface area contributed by atoms with E-state index in [1.54, 1.807) is 20.1 Å². The molecular formula is C17H24N2O4. The summed E-state index contributed by atoms with van der Waals surface area (Å²) in [6.45, 7) is 5.79. The zero-order valence-electron chi connectivity index (χ0n) is 14.1. The summed E-state index contributed by atoms with van der Waals surface area (Å²) in [5.41, 5.74) is -0.804. The third-order valence-electron chi connectivity index (χ3n) is 3.91. The molecule has 1 aliphatic heterocycles. The molecular weight excluding hydrogens is 296 g/mol. The number of carbonyl (C=O) groups is 2. The molecule has 2 atom stereocenters. The van der Waals surface area contributed by atoms with Crippen molar-refractivity contribution in [3.63, 3.8) is 0 Å². The molecule has 0 aromatic heterocycles. The molecule has 1 heterocycles. The molecule has 2 rings (SSSR count). The van der Waals surface area contributed by atoms with Gasteiger partial charge in [-0.2, -0.15) is 0 Å². The number of rotatable bonds is 7. The highest BCUT2D eigenvalue weighted by molar-refractivity contribution is 6.06. The smallest absolute Gasteiger partial charge is 0.325 e. The van der Waals surface area contributed by atoms with Gasteiger partial charge in [-0.1, -0.05) is 19.4 Å². The molecule has 0 radical (unpaired) electrons. The van der Waals surface area contributed by atoms with Gasteiger partial charge >= 0.3 is 6.03 Å². The van der Waals surface area contributed by atoms with Gasteiger partial charge in [-0.15, -0.1) is 0 Å². The average Bonchev–Trinajstić information content (AvgIpc) is 2.71. The second-order valence-corrected chi connectivity index (χ2v) is 6.04.